The quantitative estimate of drug-likeness (QED) is 0.703. The highest BCUT2D eigenvalue weighted by molar-refractivity contribution is 5.29. The topological polar surface area (TPSA) is 35.2 Å². The van der Waals surface area contributed by atoms with Gasteiger partial charge in [0, 0.05) is 12.6 Å². The maximum Gasteiger partial charge on any atom is 0.127 e. The fraction of sp³-hybridized carbons (Fsp3) is 0.571. The molecule has 0 bridgehead atoms. The minimum absolute atomic E-state index is 0.283. The molecule has 2 N–H and O–H groups in total. The van der Waals surface area contributed by atoms with Crippen LogP contribution in [0.2, 0.25) is 0 Å². The van der Waals surface area contributed by atoms with Crippen LogP contribution < -0.4 is 10.5 Å². The summed E-state index contributed by atoms with van der Waals surface area (Å²) in [5.74, 6) is 0.301. The number of ether oxygens (including phenoxy) is 1. The van der Waals surface area contributed by atoms with Gasteiger partial charge in [-0.05, 0) is 24.1 Å². The minimum Gasteiger partial charge on any atom is -0.493 e. The van der Waals surface area contributed by atoms with Crippen LogP contribution in [0, 0.1) is 5.82 Å². The van der Waals surface area contributed by atoms with Gasteiger partial charge in [-0.15, -0.1) is 0 Å². The Morgan fingerprint density at radius 1 is 1.12 bits per heavy atom. The number of unbranched alkanes of at least 4 members (excludes halogenated alkanes) is 4. The predicted octanol–water partition coefficient (Wildman–Crippen LogP) is 3.63. The van der Waals surface area contributed by atoms with Crippen LogP contribution in [-0.4, -0.2) is 6.61 Å². The van der Waals surface area contributed by atoms with E-state index in [4.69, 9.17) is 10.5 Å². The smallest absolute Gasteiger partial charge is 0.127 e. The monoisotopic (exact) mass is 239 g/mol. The molecule has 0 aliphatic rings. The first-order chi connectivity index (χ1) is 8.26. The Morgan fingerprint density at radius 3 is 2.59 bits per heavy atom. The Bertz CT molecular complexity index is 328. The lowest BCUT2D eigenvalue weighted by Gasteiger charge is -2.07. The number of halogens is 1. The Morgan fingerprint density at radius 2 is 1.88 bits per heavy atom. The molecule has 0 aromatic heterocycles. The van der Waals surface area contributed by atoms with E-state index >= 15 is 0 Å². The van der Waals surface area contributed by atoms with Gasteiger partial charge in [0.15, 0.2) is 0 Å². The maximum atomic E-state index is 13.2. The van der Waals surface area contributed by atoms with Crippen LogP contribution in [-0.2, 0) is 6.54 Å². The highest BCUT2D eigenvalue weighted by Gasteiger charge is 2.00. The SMILES string of the molecule is CCCCCCCOc1cc(F)cc(CN)c1. The molecule has 96 valence electrons. The lowest BCUT2D eigenvalue weighted by atomic mass is 10.2. The first kappa shape index (κ1) is 14.0. The van der Waals surface area contributed by atoms with E-state index in [2.05, 4.69) is 6.92 Å². The molecular weight excluding hydrogens is 217 g/mol. The first-order valence-corrected chi connectivity index (χ1v) is 6.38. The van der Waals surface area contributed by atoms with Gasteiger partial charge in [0.1, 0.15) is 11.6 Å². The standard InChI is InChI=1S/C14H22FNO/c1-2-3-4-5-6-7-17-14-9-12(11-16)8-13(15)10-14/h8-10H,2-7,11,16H2,1H3. The van der Waals surface area contributed by atoms with Crippen molar-refractivity contribution < 1.29 is 9.13 Å². The summed E-state index contributed by atoms with van der Waals surface area (Å²) in [6.07, 6.45) is 5.96. The molecule has 0 radical (unpaired) electrons. The second-order valence-electron chi connectivity index (χ2n) is 4.26. The van der Waals surface area contributed by atoms with E-state index in [-0.39, 0.29) is 5.82 Å². The molecule has 1 rings (SSSR count). The van der Waals surface area contributed by atoms with E-state index in [0.717, 1.165) is 12.0 Å². The van der Waals surface area contributed by atoms with E-state index in [1.165, 1.54) is 37.8 Å². The van der Waals surface area contributed by atoms with Crippen molar-refractivity contribution in [2.75, 3.05) is 6.61 Å². The second-order valence-corrected chi connectivity index (χ2v) is 4.26. The molecular formula is C14H22FNO. The summed E-state index contributed by atoms with van der Waals surface area (Å²) in [5.41, 5.74) is 6.24. The third kappa shape index (κ3) is 5.68. The van der Waals surface area contributed by atoms with Crippen molar-refractivity contribution in [1.82, 2.24) is 0 Å². The van der Waals surface area contributed by atoms with E-state index in [1.807, 2.05) is 0 Å². The predicted molar refractivity (Wildman–Crippen MR) is 68.5 cm³/mol. The van der Waals surface area contributed by atoms with Gasteiger partial charge in [-0.1, -0.05) is 32.6 Å². The van der Waals surface area contributed by atoms with Crippen molar-refractivity contribution >= 4 is 0 Å². The zero-order chi connectivity index (χ0) is 12.5. The Kier molecular flexibility index (Phi) is 6.63. The molecule has 0 aliphatic carbocycles. The van der Waals surface area contributed by atoms with Crippen molar-refractivity contribution in [3.63, 3.8) is 0 Å². The molecule has 0 atom stereocenters. The Hall–Kier alpha value is -1.09. The molecule has 0 spiro atoms. The van der Waals surface area contributed by atoms with Crippen LogP contribution in [0.5, 0.6) is 5.75 Å². The van der Waals surface area contributed by atoms with Gasteiger partial charge in [-0.2, -0.15) is 0 Å². The van der Waals surface area contributed by atoms with Crippen molar-refractivity contribution in [1.29, 1.82) is 0 Å². The lowest BCUT2D eigenvalue weighted by molar-refractivity contribution is 0.303. The van der Waals surface area contributed by atoms with Crippen molar-refractivity contribution in [3.8, 4) is 5.75 Å². The summed E-state index contributed by atoms with van der Waals surface area (Å²) in [5, 5.41) is 0. The largest absolute Gasteiger partial charge is 0.493 e. The summed E-state index contributed by atoms with van der Waals surface area (Å²) in [6.45, 7) is 3.18. The fourth-order valence-corrected chi connectivity index (χ4v) is 1.72. The van der Waals surface area contributed by atoms with Crippen LogP contribution in [0.15, 0.2) is 18.2 Å². The molecule has 1 aromatic carbocycles. The lowest BCUT2D eigenvalue weighted by Crippen LogP contribution is -2.01. The number of nitrogens with two attached hydrogens (primary N) is 1. The van der Waals surface area contributed by atoms with Gasteiger partial charge in [0.05, 0.1) is 6.61 Å². The summed E-state index contributed by atoms with van der Waals surface area (Å²) >= 11 is 0. The summed E-state index contributed by atoms with van der Waals surface area (Å²) < 4.78 is 18.7. The van der Waals surface area contributed by atoms with Crippen LogP contribution in [0.1, 0.15) is 44.6 Å². The van der Waals surface area contributed by atoms with Crippen molar-refractivity contribution in [2.24, 2.45) is 5.73 Å². The van der Waals surface area contributed by atoms with Crippen LogP contribution in [0.25, 0.3) is 0 Å². The average Bonchev–Trinajstić information content (AvgIpc) is 2.33. The van der Waals surface area contributed by atoms with Crippen LogP contribution in [0.4, 0.5) is 4.39 Å². The summed E-state index contributed by atoms with van der Waals surface area (Å²) in [7, 11) is 0. The van der Waals surface area contributed by atoms with Crippen LogP contribution in [0.3, 0.4) is 0 Å². The van der Waals surface area contributed by atoms with Gasteiger partial charge in [0.25, 0.3) is 0 Å². The van der Waals surface area contributed by atoms with E-state index in [1.54, 1.807) is 6.07 Å². The van der Waals surface area contributed by atoms with Gasteiger partial charge in [0.2, 0.25) is 0 Å². The number of hydrogen-bond acceptors (Lipinski definition) is 2. The van der Waals surface area contributed by atoms with Crippen molar-refractivity contribution in [3.05, 3.63) is 29.6 Å². The molecule has 17 heavy (non-hydrogen) atoms. The summed E-state index contributed by atoms with van der Waals surface area (Å²) in [4.78, 5) is 0. The van der Waals surface area contributed by atoms with Gasteiger partial charge < -0.3 is 10.5 Å². The molecule has 0 aliphatic heterocycles. The third-order valence-electron chi connectivity index (χ3n) is 2.68. The van der Waals surface area contributed by atoms with Gasteiger partial charge in [-0.25, -0.2) is 4.39 Å². The van der Waals surface area contributed by atoms with Gasteiger partial charge in [-0.3, -0.25) is 0 Å². The van der Waals surface area contributed by atoms with E-state index < -0.39 is 0 Å². The molecule has 0 amide bonds. The molecule has 2 nitrogen and oxygen atoms in total. The molecule has 0 heterocycles. The average molecular weight is 239 g/mol. The number of rotatable bonds is 8. The molecule has 3 heteroatoms. The highest BCUT2D eigenvalue weighted by atomic mass is 19.1. The molecule has 1 aromatic rings. The maximum absolute atomic E-state index is 13.2. The van der Waals surface area contributed by atoms with Crippen molar-refractivity contribution in [2.45, 2.75) is 45.6 Å². The Balaban J connectivity index is 2.28. The number of hydrogen-bond donors (Lipinski definition) is 1. The highest BCUT2D eigenvalue weighted by Crippen LogP contribution is 2.16. The normalized spacial score (nSPS) is 10.5. The number of benzene rings is 1. The molecule has 0 unspecified atom stereocenters. The van der Waals surface area contributed by atoms with Gasteiger partial charge >= 0.3 is 0 Å². The fourth-order valence-electron chi connectivity index (χ4n) is 1.72. The summed E-state index contributed by atoms with van der Waals surface area (Å²) in [6, 6.07) is 4.65. The molecule has 0 saturated carbocycles. The Labute approximate surface area is 103 Å². The zero-order valence-electron chi connectivity index (χ0n) is 10.5. The third-order valence-corrected chi connectivity index (χ3v) is 2.68. The molecule has 0 fully saturated rings. The zero-order valence-corrected chi connectivity index (χ0v) is 10.5. The van der Waals surface area contributed by atoms with Crippen LogP contribution >= 0.6 is 0 Å². The minimum atomic E-state index is -0.283. The van der Waals surface area contributed by atoms with E-state index in [0.29, 0.717) is 18.9 Å². The van der Waals surface area contributed by atoms with E-state index in [9.17, 15) is 4.39 Å². The second kappa shape index (κ2) is 8.07. The molecule has 0 saturated heterocycles. The first-order valence-electron chi connectivity index (χ1n) is 6.38.